The average Bonchev–Trinajstić information content (AvgIpc) is 2.70. The predicted molar refractivity (Wildman–Crippen MR) is 103 cm³/mol. The minimum atomic E-state index is -0.102. The lowest BCUT2D eigenvalue weighted by molar-refractivity contribution is 0.0950. The Morgan fingerprint density at radius 1 is 1.08 bits per heavy atom. The fourth-order valence-corrected chi connectivity index (χ4v) is 2.79. The van der Waals surface area contributed by atoms with Gasteiger partial charge in [-0.15, -0.1) is 0 Å². The van der Waals surface area contributed by atoms with E-state index in [4.69, 9.17) is 14.5 Å². The first-order valence-corrected chi connectivity index (χ1v) is 8.54. The molecule has 0 aliphatic carbocycles. The fourth-order valence-electron chi connectivity index (χ4n) is 2.79. The summed E-state index contributed by atoms with van der Waals surface area (Å²) in [5.41, 5.74) is 3.11. The van der Waals surface area contributed by atoms with Crippen molar-refractivity contribution in [3.63, 3.8) is 0 Å². The Labute approximate surface area is 153 Å². The molecule has 3 rings (SSSR count). The van der Waals surface area contributed by atoms with E-state index in [1.54, 1.807) is 14.2 Å². The number of rotatable bonds is 7. The van der Waals surface area contributed by atoms with Crippen LogP contribution in [-0.4, -0.2) is 38.3 Å². The van der Waals surface area contributed by atoms with E-state index in [0.717, 1.165) is 34.3 Å². The largest absolute Gasteiger partial charge is 0.497 e. The minimum Gasteiger partial charge on any atom is -0.497 e. The first-order valence-electron chi connectivity index (χ1n) is 8.54. The van der Waals surface area contributed by atoms with Gasteiger partial charge in [-0.05, 0) is 42.8 Å². The number of pyridine rings is 1. The molecule has 0 saturated heterocycles. The van der Waals surface area contributed by atoms with Crippen LogP contribution in [0.3, 0.4) is 0 Å². The van der Waals surface area contributed by atoms with E-state index in [9.17, 15) is 4.79 Å². The molecule has 2 aromatic carbocycles. The van der Waals surface area contributed by atoms with Gasteiger partial charge in [-0.3, -0.25) is 4.79 Å². The Hall–Kier alpha value is -2.92. The van der Waals surface area contributed by atoms with Crippen molar-refractivity contribution in [1.82, 2.24) is 10.3 Å². The number of ether oxygens (including phenoxy) is 2. The lowest BCUT2D eigenvalue weighted by Gasteiger charge is -2.11. The Kier molecular flexibility index (Phi) is 5.81. The summed E-state index contributed by atoms with van der Waals surface area (Å²) in [4.78, 5) is 17.4. The molecule has 5 heteroatoms. The van der Waals surface area contributed by atoms with Crippen molar-refractivity contribution in [2.24, 2.45) is 0 Å². The summed E-state index contributed by atoms with van der Waals surface area (Å²) in [6.07, 6.45) is 0.774. The number of carbonyl (C=O) groups excluding carboxylic acids is 1. The van der Waals surface area contributed by atoms with Crippen LogP contribution in [0.4, 0.5) is 0 Å². The second-order valence-corrected chi connectivity index (χ2v) is 5.90. The third-order valence-electron chi connectivity index (χ3n) is 4.16. The first-order chi connectivity index (χ1) is 12.7. The van der Waals surface area contributed by atoms with E-state index < -0.39 is 0 Å². The van der Waals surface area contributed by atoms with E-state index in [-0.39, 0.29) is 5.91 Å². The highest BCUT2D eigenvalue weighted by Crippen LogP contribution is 2.26. The molecule has 3 aromatic rings. The van der Waals surface area contributed by atoms with E-state index in [1.165, 1.54) is 0 Å². The van der Waals surface area contributed by atoms with Crippen molar-refractivity contribution in [3.05, 3.63) is 60.2 Å². The van der Waals surface area contributed by atoms with Crippen molar-refractivity contribution in [2.75, 3.05) is 27.4 Å². The van der Waals surface area contributed by atoms with Crippen LogP contribution in [0.25, 0.3) is 22.2 Å². The van der Waals surface area contributed by atoms with Crippen molar-refractivity contribution in [1.29, 1.82) is 0 Å². The molecule has 0 fully saturated rings. The van der Waals surface area contributed by atoms with Gasteiger partial charge >= 0.3 is 0 Å². The first kappa shape index (κ1) is 17.9. The molecule has 0 saturated carbocycles. The van der Waals surface area contributed by atoms with Crippen LogP contribution in [0.1, 0.15) is 16.8 Å². The van der Waals surface area contributed by atoms with Crippen LogP contribution in [-0.2, 0) is 4.74 Å². The average molecular weight is 350 g/mol. The topological polar surface area (TPSA) is 60.5 Å². The highest BCUT2D eigenvalue weighted by Gasteiger charge is 2.13. The molecule has 0 aliphatic rings. The van der Waals surface area contributed by atoms with Crippen LogP contribution >= 0.6 is 0 Å². The smallest absolute Gasteiger partial charge is 0.252 e. The van der Waals surface area contributed by atoms with Gasteiger partial charge in [0, 0.05) is 31.2 Å². The van der Waals surface area contributed by atoms with Gasteiger partial charge in [0.1, 0.15) is 5.75 Å². The number of aromatic nitrogens is 1. The standard InChI is InChI=1S/C21H22N2O3/c1-25-13-5-12-22-21(24)18-14-20(15-8-10-16(26-2)11-9-15)23-19-7-4-3-6-17(18)19/h3-4,6-11,14H,5,12-13H2,1-2H3,(H,22,24). The molecule has 0 spiro atoms. The van der Waals surface area contributed by atoms with E-state index in [0.29, 0.717) is 18.7 Å². The van der Waals surface area contributed by atoms with Gasteiger partial charge in [0.15, 0.2) is 0 Å². The quantitative estimate of drug-likeness (QED) is 0.661. The highest BCUT2D eigenvalue weighted by atomic mass is 16.5. The second kappa shape index (κ2) is 8.45. The second-order valence-electron chi connectivity index (χ2n) is 5.90. The van der Waals surface area contributed by atoms with Crippen LogP contribution in [0, 0.1) is 0 Å². The number of para-hydroxylation sites is 1. The molecule has 0 atom stereocenters. The lowest BCUT2D eigenvalue weighted by Crippen LogP contribution is -2.25. The zero-order valence-electron chi connectivity index (χ0n) is 15.0. The fraction of sp³-hybridized carbons (Fsp3) is 0.238. The van der Waals surface area contributed by atoms with Crippen LogP contribution in [0.5, 0.6) is 5.75 Å². The summed E-state index contributed by atoms with van der Waals surface area (Å²) in [5.74, 6) is 0.681. The molecular weight excluding hydrogens is 328 g/mol. The van der Waals surface area contributed by atoms with Crippen LogP contribution in [0.15, 0.2) is 54.6 Å². The van der Waals surface area contributed by atoms with E-state index in [1.807, 2.05) is 54.6 Å². The van der Waals surface area contributed by atoms with Crippen molar-refractivity contribution >= 4 is 16.8 Å². The van der Waals surface area contributed by atoms with Crippen LogP contribution in [0.2, 0.25) is 0 Å². The number of hydrogen-bond acceptors (Lipinski definition) is 4. The number of methoxy groups -OCH3 is 2. The summed E-state index contributed by atoms with van der Waals surface area (Å²) in [6.45, 7) is 1.19. The van der Waals surface area contributed by atoms with Crippen LogP contribution < -0.4 is 10.1 Å². The van der Waals surface area contributed by atoms with Gasteiger partial charge in [-0.2, -0.15) is 0 Å². The summed E-state index contributed by atoms with van der Waals surface area (Å²) in [7, 11) is 3.29. The molecule has 26 heavy (non-hydrogen) atoms. The number of benzene rings is 2. The molecule has 134 valence electrons. The Bertz CT molecular complexity index is 891. The maximum Gasteiger partial charge on any atom is 0.252 e. The van der Waals surface area contributed by atoms with Gasteiger partial charge in [0.25, 0.3) is 5.91 Å². The van der Waals surface area contributed by atoms with Crippen molar-refractivity contribution in [3.8, 4) is 17.0 Å². The summed E-state index contributed by atoms with van der Waals surface area (Å²) in [6, 6.07) is 17.2. The molecule has 1 N–H and O–H groups in total. The summed E-state index contributed by atoms with van der Waals surface area (Å²) < 4.78 is 10.2. The molecular formula is C21H22N2O3. The SMILES string of the molecule is COCCCNC(=O)c1cc(-c2ccc(OC)cc2)nc2ccccc12. The molecule has 1 amide bonds. The van der Waals surface area contributed by atoms with Gasteiger partial charge < -0.3 is 14.8 Å². The third kappa shape index (κ3) is 4.00. The summed E-state index contributed by atoms with van der Waals surface area (Å²) >= 11 is 0. The predicted octanol–water partition coefficient (Wildman–Crippen LogP) is 3.68. The number of nitrogens with one attached hydrogen (secondary N) is 1. The zero-order chi connectivity index (χ0) is 18.4. The highest BCUT2D eigenvalue weighted by molar-refractivity contribution is 6.07. The maximum atomic E-state index is 12.7. The van der Waals surface area contributed by atoms with Gasteiger partial charge in [0.2, 0.25) is 0 Å². The molecule has 0 unspecified atom stereocenters. The summed E-state index contributed by atoms with van der Waals surface area (Å²) in [5, 5.41) is 3.80. The number of carbonyl (C=O) groups is 1. The number of fused-ring (bicyclic) bond motifs is 1. The Morgan fingerprint density at radius 3 is 2.58 bits per heavy atom. The molecule has 1 heterocycles. The normalized spacial score (nSPS) is 10.7. The molecule has 1 aromatic heterocycles. The maximum absolute atomic E-state index is 12.7. The molecule has 5 nitrogen and oxygen atoms in total. The van der Waals surface area contributed by atoms with Gasteiger partial charge in [-0.1, -0.05) is 18.2 Å². The van der Waals surface area contributed by atoms with E-state index in [2.05, 4.69) is 5.32 Å². The number of amides is 1. The molecule has 0 radical (unpaired) electrons. The number of hydrogen-bond donors (Lipinski definition) is 1. The molecule has 0 bridgehead atoms. The Balaban J connectivity index is 1.96. The monoisotopic (exact) mass is 350 g/mol. The number of nitrogens with zero attached hydrogens (tertiary/aromatic N) is 1. The van der Waals surface area contributed by atoms with Crippen molar-refractivity contribution in [2.45, 2.75) is 6.42 Å². The molecule has 0 aliphatic heterocycles. The lowest BCUT2D eigenvalue weighted by atomic mass is 10.0. The third-order valence-corrected chi connectivity index (χ3v) is 4.16. The van der Waals surface area contributed by atoms with E-state index >= 15 is 0 Å². The Morgan fingerprint density at radius 2 is 1.85 bits per heavy atom. The zero-order valence-corrected chi connectivity index (χ0v) is 15.0. The van der Waals surface area contributed by atoms with Crippen molar-refractivity contribution < 1.29 is 14.3 Å². The van der Waals surface area contributed by atoms with Gasteiger partial charge in [0.05, 0.1) is 23.9 Å². The minimum absolute atomic E-state index is 0.102. The van der Waals surface area contributed by atoms with Gasteiger partial charge in [-0.25, -0.2) is 4.98 Å².